The Morgan fingerprint density at radius 1 is 1.37 bits per heavy atom. The van der Waals surface area contributed by atoms with E-state index < -0.39 is 0 Å². The first kappa shape index (κ1) is 18.3. The third-order valence-electron chi connectivity index (χ3n) is 5.67. The molecular weight excluding hydrogens is 362 g/mol. The van der Waals surface area contributed by atoms with E-state index in [9.17, 15) is 4.79 Å². The summed E-state index contributed by atoms with van der Waals surface area (Å²) in [4.78, 5) is 17.1. The van der Waals surface area contributed by atoms with E-state index in [4.69, 9.17) is 22.1 Å². The van der Waals surface area contributed by atoms with E-state index in [1.807, 2.05) is 25.1 Å². The fraction of sp³-hybridized carbons (Fsp3) is 0.429. The molecule has 0 saturated heterocycles. The van der Waals surface area contributed by atoms with Crippen molar-refractivity contribution in [1.82, 2.24) is 9.55 Å². The Hall–Kier alpha value is -2.11. The van der Waals surface area contributed by atoms with Crippen LogP contribution in [0.5, 0.6) is 5.75 Å². The summed E-state index contributed by atoms with van der Waals surface area (Å²) in [6.45, 7) is 2.27. The summed E-state index contributed by atoms with van der Waals surface area (Å²) in [5.41, 5.74) is 7.64. The van der Waals surface area contributed by atoms with Crippen molar-refractivity contribution >= 4 is 33.3 Å². The Bertz CT molecular complexity index is 1070. The number of nitrogens with two attached hydrogens (primary N) is 1. The van der Waals surface area contributed by atoms with E-state index in [1.165, 1.54) is 19.3 Å². The highest BCUT2D eigenvalue weighted by atomic mass is 35.5. The number of halogens is 1. The van der Waals surface area contributed by atoms with Gasteiger partial charge in [-0.3, -0.25) is 9.78 Å². The quantitative estimate of drug-likeness (QED) is 0.675. The maximum Gasteiger partial charge on any atom is 0.260 e. The lowest BCUT2D eigenvalue weighted by Gasteiger charge is -2.28. The summed E-state index contributed by atoms with van der Waals surface area (Å²) in [5.74, 6) is 1.30. The number of benzene rings is 1. The minimum absolute atomic E-state index is 0.00351. The molecule has 0 amide bonds. The Morgan fingerprint density at radius 2 is 2.15 bits per heavy atom. The molecule has 3 aromatic rings. The fourth-order valence-electron chi connectivity index (χ4n) is 3.91. The van der Waals surface area contributed by atoms with Crippen molar-refractivity contribution in [2.24, 2.45) is 18.7 Å². The smallest absolute Gasteiger partial charge is 0.260 e. The Balaban J connectivity index is 1.71. The van der Waals surface area contributed by atoms with Gasteiger partial charge in [-0.05, 0) is 36.8 Å². The molecule has 0 spiro atoms. The molecule has 6 heteroatoms. The van der Waals surface area contributed by atoms with Crippen LogP contribution < -0.4 is 16.0 Å². The average molecular weight is 386 g/mol. The van der Waals surface area contributed by atoms with Crippen molar-refractivity contribution in [3.05, 3.63) is 45.5 Å². The third kappa shape index (κ3) is 3.30. The first-order valence-electron chi connectivity index (χ1n) is 9.41. The molecule has 0 unspecified atom stereocenters. The monoisotopic (exact) mass is 385 g/mol. The number of hydrogen-bond acceptors (Lipinski definition) is 4. The van der Waals surface area contributed by atoms with E-state index in [1.54, 1.807) is 17.8 Å². The highest BCUT2D eigenvalue weighted by Crippen LogP contribution is 2.34. The van der Waals surface area contributed by atoms with Gasteiger partial charge in [0.25, 0.3) is 5.56 Å². The van der Waals surface area contributed by atoms with Gasteiger partial charge in [0.2, 0.25) is 0 Å². The Morgan fingerprint density at radius 3 is 2.85 bits per heavy atom. The van der Waals surface area contributed by atoms with Gasteiger partial charge in [0, 0.05) is 30.7 Å². The van der Waals surface area contributed by atoms with Gasteiger partial charge < -0.3 is 15.0 Å². The predicted octanol–water partition coefficient (Wildman–Crippen LogP) is 3.94. The molecule has 0 radical (unpaired) electrons. The second kappa shape index (κ2) is 7.13. The minimum Gasteiger partial charge on any atom is -0.490 e. The molecule has 1 fully saturated rings. The number of fused-ring (bicyclic) bond motifs is 3. The maximum atomic E-state index is 12.8. The van der Waals surface area contributed by atoms with Crippen molar-refractivity contribution in [2.45, 2.75) is 38.6 Å². The van der Waals surface area contributed by atoms with Gasteiger partial charge in [-0.25, -0.2) is 0 Å². The zero-order valence-corrected chi connectivity index (χ0v) is 16.4. The van der Waals surface area contributed by atoms with Crippen LogP contribution in [-0.4, -0.2) is 22.2 Å². The Kier molecular flexibility index (Phi) is 4.82. The molecule has 1 aromatic carbocycles. The van der Waals surface area contributed by atoms with Crippen molar-refractivity contribution in [3.8, 4) is 5.75 Å². The second-order valence-corrected chi connectivity index (χ2v) is 7.99. The van der Waals surface area contributed by atoms with Gasteiger partial charge in [0.05, 0.1) is 21.6 Å². The molecule has 27 heavy (non-hydrogen) atoms. The molecule has 142 valence electrons. The number of aryl methyl sites for hydroxylation is 2. The molecular formula is C21H24ClN3O2. The van der Waals surface area contributed by atoms with Crippen LogP contribution in [0, 0.1) is 12.8 Å². The lowest BCUT2D eigenvalue weighted by atomic mass is 9.81. The summed E-state index contributed by atoms with van der Waals surface area (Å²) >= 11 is 6.49. The average Bonchev–Trinajstić information content (AvgIpc) is 2.61. The molecule has 2 N–H and O–H groups in total. The zero-order valence-electron chi connectivity index (χ0n) is 15.7. The summed E-state index contributed by atoms with van der Waals surface area (Å²) in [5, 5.41) is 2.91. The number of pyridine rings is 2. The topological polar surface area (TPSA) is 70.1 Å². The van der Waals surface area contributed by atoms with Crippen LogP contribution >= 0.6 is 11.6 Å². The molecule has 1 saturated carbocycles. The lowest BCUT2D eigenvalue weighted by molar-refractivity contribution is 0.224. The number of rotatable bonds is 5. The van der Waals surface area contributed by atoms with Gasteiger partial charge in [0.1, 0.15) is 12.4 Å². The Labute approximate surface area is 163 Å². The zero-order chi connectivity index (χ0) is 19.1. The maximum absolute atomic E-state index is 12.8. The van der Waals surface area contributed by atoms with Gasteiger partial charge in [-0.1, -0.05) is 30.9 Å². The first-order valence-corrected chi connectivity index (χ1v) is 9.79. The molecule has 5 nitrogen and oxygen atoms in total. The van der Waals surface area contributed by atoms with E-state index in [0.717, 1.165) is 28.6 Å². The molecule has 0 bridgehead atoms. The van der Waals surface area contributed by atoms with E-state index in [0.29, 0.717) is 28.5 Å². The highest BCUT2D eigenvalue weighted by molar-refractivity contribution is 6.33. The standard InChI is InChI=1S/C21H24ClN3O2/c1-12-20-15(6-7-24-12)16-9-17(22)19(10-18(16)25(2)21(20)26)27-11-14(23)8-13-4-3-5-13/h6-7,9-10,13-14H,3-5,8,11,23H2,1-2H3/t14-/m0/s1. The highest BCUT2D eigenvalue weighted by Gasteiger charge is 2.21. The lowest BCUT2D eigenvalue weighted by Crippen LogP contribution is -2.32. The van der Waals surface area contributed by atoms with Crippen LogP contribution in [0.15, 0.2) is 29.2 Å². The van der Waals surface area contributed by atoms with Crippen LogP contribution in [0.4, 0.5) is 0 Å². The number of ether oxygens (including phenoxy) is 1. The minimum atomic E-state index is -0.0712. The van der Waals surface area contributed by atoms with Crippen molar-refractivity contribution < 1.29 is 4.74 Å². The number of aromatic nitrogens is 2. The van der Waals surface area contributed by atoms with Crippen LogP contribution in [-0.2, 0) is 7.05 Å². The normalized spacial score (nSPS) is 15.9. The molecule has 0 aliphatic heterocycles. The van der Waals surface area contributed by atoms with Crippen LogP contribution in [0.3, 0.4) is 0 Å². The molecule has 4 rings (SSSR count). The van der Waals surface area contributed by atoms with Gasteiger partial charge in [0.15, 0.2) is 0 Å². The SMILES string of the molecule is Cc1nccc2c1c(=O)n(C)c1cc(OC[C@@H](N)CC3CCC3)c(Cl)cc21. The molecule has 1 atom stereocenters. The molecule has 1 aliphatic carbocycles. The van der Waals surface area contributed by atoms with Crippen LogP contribution in [0.2, 0.25) is 5.02 Å². The summed E-state index contributed by atoms with van der Waals surface area (Å²) in [6.07, 6.45) is 6.56. The van der Waals surface area contributed by atoms with Crippen molar-refractivity contribution in [1.29, 1.82) is 0 Å². The number of hydrogen-bond donors (Lipinski definition) is 1. The molecule has 2 heterocycles. The summed E-state index contributed by atoms with van der Waals surface area (Å²) < 4.78 is 7.55. The van der Waals surface area contributed by atoms with Crippen LogP contribution in [0.25, 0.3) is 21.7 Å². The molecule has 2 aromatic heterocycles. The predicted molar refractivity (Wildman–Crippen MR) is 110 cm³/mol. The largest absolute Gasteiger partial charge is 0.490 e. The van der Waals surface area contributed by atoms with E-state index in [2.05, 4.69) is 4.98 Å². The van der Waals surface area contributed by atoms with Crippen LogP contribution in [0.1, 0.15) is 31.4 Å². The first-order chi connectivity index (χ1) is 13.0. The number of nitrogens with zero attached hydrogens (tertiary/aromatic N) is 2. The van der Waals surface area contributed by atoms with E-state index in [-0.39, 0.29) is 11.6 Å². The third-order valence-corrected chi connectivity index (χ3v) is 5.97. The van der Waals surface area contributed by atoms with Crippen molar-refractivity contribution in [3.63, 3.8) is 0 Å². The van der Waals surface area contributed by atoms with Gasteiger partial charge >= 0.3 is 0 Å². The van der Waals surface area contributed by atoms with Gasteiger partial charge in [-0.2, -0.15) is 0 Å². The molecule has 1 aliphatic rings. The van der Waals surface area contributed by atoms with E-state index >= 15 is 0 Å². The summed E-state index contributed by atoms with van der Waals surface area (Å²) in [7, 11) is 1.76. The fourth-order valence-corrected chi connectivity index (χ4v) is 4.12. The van der Waals surface area contributed by atoms with Gasteiger partial charge in [-0.15, -0.1) is 0 Å². The van der Waals surface area contributed by atoms with Crippen molar-refractivity contribution in [2.75, 3.05) is 6.61 Å². The second-order valence-electron chi connectivity index (χ2n) is 7.59. The summed E-state index contributed by atoms with van der Waals surface area (Å²) in [6, 6.07) is 5.56.